The maximum atomic E-state index is 13.0. The lowest BCUT2D eigenvalue weighted by Crippen LogP contribution is -2.49. The van der Waals surface area contributed by atoms with E-state index in [1.54, 1.807) is 31.2 Å². The van der Waals surface area contributed by atoms with Gasteiger partial charge >= 0.3 is 18.1 Å². The van der Waals surface area contributed by atoms with Gasteiger partial charge in [-0.2, -0.15) is 13.2 Å². The van der Waals surface area contributed by atoms with Crippen LogP contribution in [0.5, 0.6) is 0 Å². The van der Waals surface area contributed by atoms with Gasteiger partial charge in [-0.25, -0.2) is 18.0 Å². The minimum absolute atomic E-state index is 0.00748. The zero-order chi connectivity index (χ0) is 30.1. The summed E-state index contributed by atoms with van der Waals surface area (Å²) in [6, 6.07) is 11.0. The number of halogens is 3. The first-order valence-electron chi connectivity index (χ1n) is 12.1. The average Bonchev–Trinajstić information content (AvgIpc) is 2.87. The second kappa shape index (κ2) is 14.0. The molecule has 0 bridgehead atoms. The van der Waals surface area contributed by atoms with Crippen LogP contribution in [0.4, 0.5) is 24.5 Å². The zero-order valence-electron chi connectivity index (χ0n) is 21.9. The molecule has 220 valence electrons. The number of carbonyl (C=O) groups is 3. The second-order valence-electron chi connectivity index (χ2n) is 8.88. The molecule has 1 heterocycles. The van der Waals surface area contributed by atoms with E-state index in [0.717, 1.165) is 12.0 Å². The predicted octanol–water partition coefficient (Wildman–Crippen LogP) is 2.78. The van der Waals surface area contributed by atoms with Gasteiger partial charge in [-0.05, 0) is 49.2 Å². The van der Waals surface area contributed by atoms with Gasteiger partial charge in [0.25, 0.3) is 10.0 Å². The average molecular weight is 589 g/mol. The number of aliphatic carboxylic acids is 1. The van der Waals surface area contributed by atoms with Crippen LogP contribution in [0.2, 0.25) is 0 Å². The van der Waals surface area contributed by atoms with Crippen molar-refractivity contribution in [3.05, 3.63) is 53.6 Å². The first kappa shape index (κ1) is 32.4. The Hall–Kier alpha value is -3.85. The highest BCUT2D eigenvalue weighted by molar-refractivity contribution is 7.92. The minimum Gasteiger partial charge on any atom is -0.478 e. The quantitative estimate of drug-likeness (QED) is 0.346. The summed E-state index contributed by atoms with van der Waals surface area (Å²) >= 11 is 0. The number of benzene rings is 2. The summed E-state index contributed by atoms with van der Waals surface area (Å²) in [6.45, 7) is 7.18. The lowest BCUT2D eigenvalue weighted by atomic mass is 10.1. The molecule has 0 saturated carbocycles. The van der Waals surface area contributed by atoms with Crippen molar-refractivity contribution in [1.82, 2.24) is 10.2 Å². The van der Waals surface area contributed by atoms with Crippen molar-refractivity contribution in [3.8, 4) is 0 Å². The van der Waals surface area contributed by atoms with Crippen molar-refractivity contribution < 1.29 is 46.2 Å². The molecule has 4 N–H and O–H groups in total. The smallest absolute Gasteiger partial charge is 0.478 e. The number of carboxylic acid groups (broad SMARTS) is 2. The summed E-state index contributed by atoms with van der Waals surface area (Å²) < 4.78 is 60.3. The highest BCUT2D eigenvalue weighted by atomic mass is 32.2. The number of amides is 1. The molecule has 15 heteroatoms. The Morgan fingerprint density at radius 1 is 1.00 bits per heavy atom. The van der Waals surface area contributed by atoms with Crippen LogP contribution >= 0.6 is 0 Å². The van der Waals surface area contributed by atoms with E-state index in [1.807, 2.05) is 16.7 Å². The number of piperazine rings is 1. The summed E-state index contributed by atoms with van der Waals surface area (Å²) in [5.41, 5.74) is 1.61. The van der Waals surface area contributed by atoms with Gasteiger partial charge in [0.05, 0.1) is 28.4 Å². The van der Waals surface area contributed by atoms with E-state index in [4.69, 9.17) is 9.90 Å². The highest BCUT2D eigenvalue weighted by Gasteiger charge is 2.38. The van der Waals surface area contributed by atoms with Gasteiger partial charge in [-0.1, -0.05) is 19.1 Å². The van der Waals surface area contributed by atoms with E-state index in [-0.39, 0.29) is 22.1 Å². The van der Waals surface area contributed by atoms with Gasteiger partial charge in [0.1, 0.15) is 0 Å². The van der Waals surface area contributed by atoms with Crippen LogP contribution in [0.15, 0.2) is 47.4 Å². The number of aromatic carboxylic acids is 1. The third kappa shape index (κ3) is 9.72. The van der Waals surface area contributed by atoms with E-state index < -0.39 is 28.1 Å². The van der Waals surface area contributed by atoms with Gasteiger partial charge in [-0.3, -0.25) is 14.4 Å². The first-order chi connectivity index (χ1) is 18.6. The highest BCUT2D eigenvalue weighted by Crippen LogP contribution is 2.30. The third-order valence-electron chi connectivity index (χ3n) is 5.68. The molecule has 0 aliphatic carbocycles. The number of alkyl halides is 3. The minimum atomic E-state index is -5.08. The largest absolute Gasteiger partial charge is 0.490 e. The Morgan fingerprint density at radius 3 is 2.15 bits per heavy atom. The Labute approximate surface area is 229 Å². The summed E-state index contributed by atoms with van der Waals surface area (Å²) in [6.07, 6.45) is -4.20. The van der Waals surface area contributed by atoms with Crippen LogP contribution in [0.25, 0.3) is 0 Å². The van der Waals surface area contributed by atoms with Crippen LogP contribution < -0.4 is 14.9 Å². The summed E-state index contributed by atoms with van der Waals surface area (Å²) in [7, 11) is -3.91. The van der Waals surface area contributed by atoms with Crippen molar-refractivity contribution in [2.45, 2.75) is 31.3 Å². The summed E-state index contributed by atoms with van der Waals surface area (Å²) in [5, 5.41) is 19.4. The van der Waals surface area contributed by atoms with Gasteiger partial charge in [0.15, 0.2) is 0 Å². The lowest BCUT2D eigenvalue weighted by molar-refractivity contribution is -0.192. The number of hydrogen-bond acceptors (Lipinski definition) is 7. The molecule has 11 nitrogen and oxygen atoms in total. The maximum absolute atomic E-state index is 13.0. The maximum Gasteiger partial charge on any atom is 0.490 e. The van der Waals surface area contributed by atoms with Gasteiger partial charge in [0, 0.05) is 32.7 Å². The van der Waals surface area contributed by atoms with Crippen molar-refractivity contribution in [2.24, 2.45) is 0 Å². The molecule has 0 unspecified atom stereocenters. The van der Waals surface area contributed by atoms with Crippen LogP contribution in [0.1, 0.15) is 29.3 Å². The number of aryl methyl sites for hydroxylation is 1. The fourth-order valence-corrected chi connectivity index (χ4v) is 4.85. The van der Waals surface area contributed by atoms with Crippen molar-refractivity contribution >= 4 is 39.2 Å². The Kier molecular flexibility index (Phi) is 11.3. The molecule has 1 aliphatic heterocycles. The SMILES string of the molecule is CCCNC(=O)CN1CCN(c2ccc(C(=O)O)cc2NS(=O)(=O)c2cccc(C)c2)CC1.O=C(O)C(F)(F)F. The van der Waals surface area contributed by atoms with Crippen LogP contribution in [0, 0.1) is 6.92 Å². The van der Waals surface area contributed by atoms with Gasteiger partial charge in [-0.15, -0.1) is 0 Å². The molecule has 40 heavy (non-hydrogen) atoms. The molecule has 2 aromatic rings. The molecule has 1 amide bonds. The molecular formula is C25H31F3N4O7S. The Morgan fingerprint density at radius 2 is 1.62 bits per heavy atom. The molecule has 2 aromatic carbocycles. The Bertz CT molecular complexity index is 1310. The standard InChI is InChI=1S/C23H30N4O5S.C2HF3O2/c1-3-9-24-22(28)16-26-10-12-27(13-11-26)21-8-7-18(23(29)30)15-20(21)25-33(31,32)19-6-4-5-17(2)14-19;3-2(4,5)1(6)7/h4-8,14-15,25H,3,9-13,16H2,1-2H3,(H,24,28)(H,29,30);(H,6,7). The Balaban J connectivity index is 0.000000708. The number of hydrogen-bond donors (Lipinski definition) is 4. The molecule has 0 atom stereocenters. The van der Waals surface area contributed by atoms with E-state index >= 15 is 0 Å². The molecule has 0 radical (unpaired) electrons. The fourth-order valence-electron chi connectivity index (χ4n) is 3.68. The second-order valence-corrected chi connectivity index (χ2v) is 10.6. The molecule has 1 aliphatic rings. The van der Waals surface area contributed by atoms with Crippen molar-refractivity contribution in [1.29, 1.82) is 0 Å². The molecule has 0 spiro atoms. The van der Waals surface area contributed by atoms with E-state index in [9.17, 15) is 36.3 Å². The van der Waals surface area contributed by atoms with E-state index in [0.29, 0.717) is 45.0 Å². The number of rotatable bonds is 9. The topological polar surface area (TPSA) is 156 Å². The molecule has 0 aromatic heterocycles. The number of sulfonamides is 1. The predicted molar refractivity (Wildman–Crippen MR) is 141 cm³/mol. The first-order valence-corrected chi connectivity index (χ1v) is 13.6. The van der Waals surface area contributed by atoms with Crippen LogP contribution in [0.3, 0.4) is 0 Å². The van der Waals surface area contributed by atoms with Crippen molar-refractivity contribution in [3.63, 3.8) is 0 Å². The van der Waals surface area contributed by atoms with Crippen LogP contribution in [-0.2, 0) is 19.6 Å². The molecular weight excluding hydrogens is 557 g/mol. The molecule has 3 rings (SSSR count). The third-order valence-corrected chi connectivity index (χ3v) is 7.05. The number of anilines is 2. The fraction of sp³-hybridized carbons (Fsp3) is 0.400. The lowest BCUT2D eigenvalue weighted by Gasteiger charge is -2.36. The zero-order valence-corrected chi connectivity index (χ0v) is 22.7. The van der Waals surface area contributed by atoms with Gasteiger partial charge in [0.2, 0.25) is 5.91 Å². The van der Waals surface area contributed by atoms with Crippen molar-refractivity contribution in [2.75, 3.05) is 48.9 Å². The number of carboxylic acids is 2. The number of nitrogens with zero attached hydrogens (tertiary/aromatic N) is 2. The number of nitrogens with one attached hydrogen (secondary N) is 2. The molecule has 1 fully saturated rings. The monoisotopic (exact) mass is 588 g/mol. The summed E-state index contributed by atoms with van der Waals surface area (Å²) in [4.78, 5) is 36.5. The molecule has 1 saturated heterocycles. The van der Waals surface area contributed by atoms with E-state index in [2.05, 4.69) is 10.0 Å². The van der Waals surface area contributed by atoms with Crippen LogP contribution in [-0.4, -0.2) is 86.8 Å². The normalized spacial score (nSPS) is 14.1. The van der Waals surface area contributed by atoms with E-state index in [1.165, 1.54) is 18.2 Å². The number of carbonyl (C=O) groups excluding carboxylic acids is 1. The van der Waals surface area contributed by atoms with Gasteiger partial charge < -0.3 is 20.4 Å². The summed E-state index contributed by atoms with van der Waals surface area (Å²) in [5.74, 6) is -3.91.